The Morgan fingerprint density at radius 1 is 1.24 bits per heavy atom. The zero-order chi connectivity index (χ0) is 16.4. The van der Waals surface area contributed by atoms with Crippen LogP contribution in [0.3, 0.4) is 0 Å². The molecule has 1 aromatic carbocycles. The molecule has 6 heteroatoms. The van der Waals surface area contributed by atoms with E-state index in [9.17, 15) is 13.2 Å². The fourth-order valence-electron chi connectivity index (χ4n) is 1.85. The second-order valence-electron chi connectivity index (χ2n) is 6.08. The van der Waals surface area contributed by atoms with E-state index in [-0.39, 0.29) is 15.9 Å². The Balaban J connectivity index is 3.20. The van der Waals surface area contributed by atoms with Crippen LogP contribution < -0.4 is 4.72 Å². The van der Waals surface area contributed by atoms with Gasteiger partial charge in [0.1, 0.15) is 0 Å². The number of aryl methyl sites for hydroxylation is 2. The lowest BCUT2D eigenvalue weighted by Crippen LogP contribution is -2.34. The van der Waals surface area contributed by atoms with Gasteiger partial charge in [0.05, 0.1) is 10.5 Å². The smallest absolute Gasteiger partial charge is 0.335 e. The minimum absolute atomic E-state index is 0.00993. The van der Waals surface area contributed by atoms with E-state index >= 15 is 0 Å². The number of aromatic carboxylic acids is 1. The Morgan fingerprint density at radius 2 is 1.81 bits per heavy atom. The molecule has 0 aromatic heterocycles. The summed E-state index contributed by atoms with van der Waals surface area (Å²) in [5, 5.41) is 9.13. The maximum atomic E-state index is 12.4. The summed E-state index contributed by atoms with van der Waals surface area (Å²) < 4.78 is 27.4. The fraction of sp³-hybridized carbons (Fsp3) is 0.533. The first-order chi connectivity index (χ1) is 9.50. The van der Waals surface area contributed by atoms with Crippen molar-refractivity contribution in [1.29, 1.82) is 0 Å². The molecule has 0 bridgehead atoms. The van der Waals surface area contributed by atoms with Crippen LogP contribution in [0.1, 0.15) is 48.7 Å². The molecule has 0 radical (unpaired) electrons. The van der Waals surface area contributed by atoms with Gasteiger partial charge in [-0.2, -0.15) is 0 Å². The van der Waals surface area contributed by atoms with Crippen molar-refractivity contribution in [3.63, 3.8) is 0 Å². The van der Waals surface area contributed by atoms with E-state index in [1.54, 1.807) is 19.9 Å². The zero-order valence-corrected chi connectivity index (χ0v) is 14.0. The molecule has 0 fully saturated rings. The number of carbonyl (C=O) groups is 1. The molecule has 118 valence electrons. The highest BCUT2D eigenvalue weighted by Gasteiger charge is 2.23. The molecule has 0 aliphatic carbocycles. The fourth-order valence-corrected chi connectivity index (χ4v) is 3.34. The summed E-state index contributed by atoms with van der Waals surface area (Å²) in [7, 11) is -3.72. The van der Waals surface area contributed by atoms with Crippen LogP contribution in [0.5, 0.6) is 0 Å². The summed E-state index contributed by atoms with van der Waals surface area (Å²) in [6.07, 6.45) is 0.836. The van der Waals surface area contributed by atoms with Gasteiger partial charge in [-0.25, -0.2) is 17.9 Å². The van der Waals surface area contributed by atoms with Crippen LogP contribution in [0, 0.1) is 19.3 Å². The highest BCUT2D eigenvalue weighted by molar-refractivity contribution is 7.89. The third-order valence-electron chi connectivity index (χ3n) is 3.74. The van der Waals surface area contributed by atoms with Gasteiger partial charge in [-0.1, -0.05) is 26.8 Å². The molecule has 0 saturated heterocycles. The Kier molecular flexibility index (Phi) is 5.17. The first kappa shape index (κ1) is 17.7. The number of hydrogen-bond donors (Lipinski definition) is 2. The first-order valence-electron chi connectivity index (χ1n) is 6.84. The Labute approximate surface area is 126 Å². The SMILES string of the molecule is CCC(C)(C)CNS(=O)(=O)c1cc(C(=O)O)c(C)cc1C. The molecule has 0 aliphatic rings. The van der Waals surface area contributed by atoms with Crippen molar-refractivity contribution in [2.24, 2.45) is 5.41 Å². The molecule has 1 rings (SSSR count). The van der Waals surface area contributed by atoms with E-state index in [0.717, 1.165) is 6.42 Å². The van der Waals surface area contributed by atoms with Gasteiger partial charge in [-0.15, -0.1) is 0 Å². The molecule has 0 saturated carbocycles. The van der Waals surface area contributed by atoms with Gasteiger partial charge in [0.2, 0.25) is 10.0 Å². The molecule has 2 N–H and O–H groups in total. The minimum Gasteiger partial charge on any atom is -0.478 e. The first-order valence-corrected chi connectivity index (χ1v) is 8.32. The Hall–Kier alpha value is -1.40. The molecule has 0 atom stereocenters. The predicted molar refractivity (Wildman–Crippen MR) is 82.1 cm³/mol. The van der Waals surface area contributed by atoms with E-state index in [2.05, 4.69) is 4.72 Å². The summed E-state index contributed by atoms with van der Waals surface area (Å²) >= 11 is 0. The van der Waals surface area contributed by atoms with E-state index in [0.29, 0.717) is 17.7 Å². The molecule has 5 nitrogen and oxygen atoms in total. The largest absolute Gasteiger partial charge is 0.478 e. The van der Waals surface area contributed by atoms with E-state index in [4.69, 9.17) is 5.11 Å². The predicted octanol–water partition coefficient (Wildman–Crippen LogP) is 2.72. The quantitative estimate of drug-likeness (QED) is 0.846. The van der Waals surface area contributed by atoms with Gasteiger partial charge < -0.3 is 5.11 Å². The van der Waals surface area contributed by atoms with Crippen molar-refractivity contribution < 1.29 is 18.3 Å². The molecular formula is C15H23NO4S. The third-order valence-corrected chi connectivity index (χ3v) is 5.28. The van der Waals surface area contributed by atoms with E-state index < -0.39 is 16.0 Å². The maximum Gasteiger partial charge on any atom is 0.335 e. The summed E-state index contributed by atoms with van der Waals surface area (Å²) in [6.45, 7) is 9.56. The van der Waals surface area contributed by atoms with Crippen LogP contribution in [-0.2, 0) is 10.0 Å². The second kappa shape index (κ2) is 6.15. The van der Waals surface area contributed by atoms with Gasteiger partial charge in [0.25, 0.3) is 0 Å². The van der Waals surface area contributed by atoms with Crippen LogP contribution in [0.2, 0.25) is 0 Å². The monoisotopic (exact) mass is 313 g/mol. The molecule has 0 heterocycles. The van der Waals surface area contributed by atoms with Crippen molar-refractivity contribution in [2.45, 2.75) is 45.9 Å². The number of benzene rings is 1. The summed E-state index contributed by atoms with van der Waals surface area (Å²) in [4.78, 5) is 11.2. The van der Waals surface area contributed by atoms with Gasteiger partial charge in [-0.05, 0) is 42.9 Å². The molecular weight excluding hydrogens is 290 g/mol. The second-order valence-corrected chi connectivity index (χ2v) is 7.82. The normalized spacial score (nSPS) is 12.4. The highest BCUT2D eigenvalue weighted by Crippen LogP contribution is 2.23. The summed E-state index contributed by atoms with van der Waals surface area (Å²) in [5.41, 5.74) is 0.948. The number of carboxylic acids is 1. The van der Waals surface area contributed by atoms with Crippen LogP contribution in [-0.4, -0.2) is 26.0 Å². The number of rotatable bonds is 6. The summed E-state index contributed by atoms with van der Waals surface area (Å²) in [6, 6.07) is 2.82. The average molecular weight is 313 g/mol. The highest BCUT2D eigenvalue weighted by atomic mass is 32.2. The van der Waals surface area contributed by atoms with Crippen LogP contribution in [0.25, 0.3) is 0 Å². The third kappa shape index (κ3) is 4.28. The minimum atomic E-state index is -3.72. The molecule has 0 aliphatic heterocycles. The van der Waals surface area contributed by atoms with Crippen LogP contribution >= 0.6 is 0 Å². The lowest BCUT2D eigenvalue weighted by molar-refractivity contribution is 0.0696. The lowest BCUT2D eigenvalue weighted by Gasteiger charge is -2.23. The van der Waals surface area contributed by atoms with Crippen LogP contribution in [0.15, 0.2) is 17.0 Å². The van der Waals surface area contributed by atoms with E-state index in [1.807, 2.05) is 20.8 Å². The van der Waals surface area contributed by atoms with Crippen molar-refractivity contribution in [3.8, 4) is 0 Å². The van der Waals surface area contributed by atoms with Crippen molar-refractivity contribution >= 4 is 16.0 Å². The van der Waals surface area contributed by atoms with Crippen LogP contribution in [0.4, 0.5) is 0 Å². The molecule has 21 heavy (non-hydrogen) atoms. The topological polar surface area (TPSA) is 83.5 Å². The molecule has 0 amide bonds. The number of nitrogens with one attached hydrogen (secondary N) is 1. The number of hydrogen-bond acceptors (Lipinski definition) is 3. The van der Waals surface area contributed by atoms with Crippen molar-refractivity contribution in [3.05, 3.63) is 28.8 Å². The number of carboxylic acid groups (broad SMARTS) is 1. The summed E-state index contributed by atoms with van der Waals surface area (Å²) in [5.74, 6) is -1.13. The lowest BCUT2D eigenvalue weighted by atomic mass is 9.91. The van der Waals surface area contributed by atoms with E-state index in [1.165, 1.54) is 6.07 Å². The van der Waals surface area contributed by atoms with Gasteiger partial charge in [-0.3, -0.25) is 0 Å². The average Bonchev–Trinajstić information content (AvgIpc) is 2.36. The van der Waals surface area contributed by atoms with Crippen molar-refractivity contribution in [2.75, 3.05) is 6.54 Å². The van der Waals surface area contributed by atoms with Gasteiger partial charge >= 0.3 is 5.97 Å². The number of sulfonamides is 1. The maximum absolute atomic E-state index is 12.4. The molecule has 0 unspecified atom stereocenters. The van der Waals surface area contributed by atoms with Gasteiger partial charge in [0, 0.05) is 6.54 Å². The standard InChI is InChI=1S/C15H23NO4S/c1-6-15(4,5)9-16-21(19,20)13-8-12(14(17)18)10(2)7-11(13)3/h7-8,16H,6,9H2,1-5H3,(H,17,18). The molecule has 1 aromatic rings. The zero-order valence-electron chi connectivity index (χ0n) is 13.1. The Bertz CT molecular complexity index is 648. The van der Waals surface area contributed by atoms with Crippen molar-refractivity contribution in [1.82, 2.24) is 4.72 Å². The molecule has 0 spiro atoms. The van der Waals surface area contributed by atoms with Gasteiger partial charge in [0.15, 0.2) is 0 Å². The Morgan fingerprint density at radius 3 is 2.29 bits per heavy atom.